The van der Waals surface area contributed by atoms with Gasteiger partial charge in [-0.05, 0) is 25.3 Å². The van der Waals surface area contributed by atoms with Gasteiger partial charge in [0.15, 0.2) is 0 Å². The van der Waals surface area contributed by atoms with Gasteiger partial charge in [0.25, 0.3) is 0 Å². The van der Waals surface area contributed by atoms with Crippen LogP contribution < -0.4 is 10.1 Å². The number of nitrogens with one attached hydrogen (secondary N) is 1. The fourth-order valence-electron chi connectivity index (χ4n) is 1.37. The van der Waals surface area contributed by atoms with E-state index in [1.54, 1.807) is 7.11 Å². The predicted octanol–water partition coefficient (Wildman–Crippen LogP) is 2.05. The van der Waals surface area contributed by atoms with Crippen LogP contribution >= 0.6 is 0 Å². The number of pyridine rings is 1. The third-order valence-electron chi connectivity index (χ3n) is 2.42. The van der Waals surface area contributed by atoms with E-state index in [0.29, 0.717) is 11.9 Å². The van der Waals surface area contributed by atoms with Crippen molar-refractivity contribution in [1.82, 2.24) is 4.98 Å². The van der Waals surface area contributed by atoms with Crippen LogP contribution in [0.25, 0.3) is 0 Å². The maximum atomic E-state index is 4.98. The van der Waals surface area contributed by atoms with Gasteiger partial charge in [-0.25, -0.2) is 4.98 Å². The second kappa shape index (κ2) is 3.64. The average Bonchev–Trinajstić information content (AvgIpc) is 2.12. The standard InChI is InChI=1S/C10H14N2O/c1-13-10-6-5-9(7-11-10)12-8-3-2-4-8/h5-8,12H,2-4H2,1H3. The topological polar surface area (TPSA) is 34.1 Å². The molecule has 1 saturated carbocycles. The number of methoxy groups -OCH3 is 1. The predicted molar refractivity (Wildman–Crippen MR) is 52.1 cm³/mol. The summed E-state index contributed by atoms with van der Waals surface area (Å²) in [6.45, 7) is 0. The largest absolute Gasteiger partial charge is 0.481 e. The molecule has 0 bridgehead atoms. The van der Waals surface area contributed by atoms with Gasteiger partial charge in [-0.15, -0.1) is 0 Å². The quantitative estimate of drug-likeness (QED) is 0.769. The molecule has 1 N–H and O–H groups in total. The summed E-state index contributed by atoms with van der Waals surface area (Å²) in [7, 11) is 1.63. The third kappa shape index (κ3) is 1.91. The molecule has 2 rings (SSSR count). The first-order chi connectivity index (χ1) is 6.38. The summed E-state index contributed by atoms with van der Waals surface area (Å²) in [6, 6.07) is 4.54. The van der Waals surface area contributed by atoms with E-state index in [9.17, 15) is 0 Å². The molecule has 0 saturated heterocycles. The van der Waals surface area contributed by atoms with Crippen molar-refractivity contribution in [2.24, 2.45) is 0 Å². The third-order valence-corrected chi connectivity index (χ3v) is 2.42. The normalized spacial score (nSPS) is 16.4. The van der Waals surface area contributed by atoms with E-state index in [1.165, 1.54) is 19.3 Å². The van der Waals surface area contributed by atoms with Crippen molar-refractivity contribution >= 4 is 5.69 Å². The van der Waals surface area contributed by atoms with Crippen molar-refractivity contribution in [2.75, 3.05) is 12.4 Å². The van der Waals surface area contributed by atoms with Crippen LogP contribution in [0.2, 0.25) is 0 Å². The van der Waals surface area contributed by atoms with E-state index in [0.717, 1.165) is 5.69 Å². The first kappa shape index (κ1) is 8.35. The van der Waals surface area contributed by atoms with Crippen LogP contribution in [0.1, 0.15) is 19.3 Å². The Kier molecular flexibility index (Phi) is 2.34. The molecule has 0 unspecified atom stereocenters. The van der Waals surface area contributed by atoms with Gasteiger partial charge in [0, 0.05) is 12.1 Å². The molecule has 3 nitrogen and oxygen atoms in total. The molecule has 0 spiro atoms. The lowest BCUT2D eigenvalue weighted by atomic mass is 9.93. The van der Waals surface area contributed by atoms with Crippen molar-refractivity contribution in [3.63, 3.8) is 0 Å². The van der Waals surface area contributed by atoms with Crippen LogP contribution in [0.5, 0.6) is 5.88 Å². The highest BCUT2D eigenvalue weighted by molar-refractivity contribution is 5.43. The molecule has 0 aliphatic heterocycles. The first-order valence-corrected chi connectivity index (χ1v) is 4.65. The molecule has 70 valence electrons. The Morgan fingerprint density at radius 1 is 1.46 bits per heavy atom. The molecule has 13 heavy (non-hydrogen) atoms. The maximum Gasteiger partial charge on any atom is 0.213 e. The molecule has 1 aliphatic carbocycles. The van der Waals surface area contributed by atoms with E-state index < -0.39 is 0 Å². The minimum Gasteiger partial charge on any atom is -0.481 e. The van der Waals surface area contributed by atoms with Crippen LogP contribution in [0.3, 0.4) is 0 Å². The van der Waals surface area contributed by atoms with Crippen LogP contribution in [0.4, 0.5) is 5.69 Å². The number of anilines is 1. The zero-order valence-corrected chi connectivity index (χ0v) is 7.79. The van der Waals surface area contributed by atoms with Crippen molar-refractivity contribution in [2.45, 2.75) is 25.3 Å². The minimum atomic E-state index is 0.662. The number of nitrogens with zero attached hydrogens (tertiary/aromatic N) is 1. The smallest absolute Gasteiger partial charge is 0.213 e. The summed E-state index contributed by atoms with van der Waals surface area (Å²) in [5.74, 6) is 0.666. The summed E-state index contributed by atoms with van der Waals surface area (Å²) in [6.07, 6.45) is 5.73. The molecule has 0 aromatic carbocycles. The van der Waals surface area contributed by atoms with Crippen LogP contribution in [-0.4, -0.2) is 18.1 Å². The Hall–Kier alpha value is -1.25. The Morgan fingerprint density at radius 2 is 2.31 bits per heavy atom. The molecule has 0 atom stereocenters. The van der Waals surface area contributed by atoms with Gasteiger partial charge in [-0.2, -0.15) is 0 Å². The van der Waals surface area contributed by atoms with Gasteiger partial charge in [0.2, 0.25) is 5.88 Å². The molecule has 1 fully saturated rings. The molecular weight excluding hydrogens is 164 g/mol. The fourth-order valence-corrected chi connectivity index (χ4v) is 1.37. The SMILES string of the molecule is COc1ccc(NC2CCC2)cn1. The van der Waals surface area contributed by atoms with Crippen LogP contribution in [-0.2, 0) is 0 Å². The van der Waals surface area contributed by atoms with Gasteiger partial charge in [0.1, 0.15) is 0 Å². The highest BCUT2D eigenvalue weighted by Gasteiger charge is 2.16. The van der Waals surface area contributed by atoms with E-state index in [4.69, 9.17) is 4.74 Å². The summed E-state index contributed by atoms with van der Waals surface area (Å²) in [5, 5.41) is 3.41. The van der Waals surface area contributed by atoms with Crippen molar-refractivity contribution < 1.29 is 4.74 Å². The second-order valence-corrected chi connectivity index (χ2v) is 3.36. The Labute approximate surface area is 78.1 Å². The summed E-state index contributed by atoms with van der Waals surface area (Å²) >= 11 is 0. The number of hydrogen-bond donors (Lipinski definition) is 1. The zero-order valence-electron chi connectivity index (χ0n) is 7.79. The van der Waals surface area contributed by atoms with Crippen molar-refractivity contribution in [1.29, 1.82) is 0 Å². The molecular formula is C10H14N2O. The lowest BCUT2D eigenvalue weighted by Crippen LogP contribution is -2.26. The molecule has 0 amide bonds. The van der Waals surface area contributed by atoms with Gasteiger partial charge in [-0.3, -0.25) is 0 Å². The molecule has 3 heteroatoms. The van der Waals surface area contributed by atoms with Gasteiger partial charge in [0.05, 0.1) is 19.0 Å². The highest BCUT2D eigenvalue weighted by Crippen LogP contribution is 2.23. The lowest BCUT2D eigenvalue weighted by Gasteiger charge is -2.27. The summed E-state index contributed by atoms with van der Waals surface area (Å²) in [4.78, 5) is 4.12. The van der Waals surface area contributed by atoms with Gasteiger partial charge < -0.3 is 10.1 Å². The van der Waals surface area contributed by atoms with E-state index in [1.807, 2.05) is 18.3 Å². The molecule has 1 aromatic rings. The average molecular weight is 178 g/mol. The molecule has 1 aliphatic rings. The van der Waals surface area contributed by atoms with E-state index in [-0.39, 0.29) is 0 Å². The monoisotopic (exact) mass is 178 g/mol. The second-order valence-electron chi connectivity index (χ2n) is 3.36. The van der Waals surface area contributed by atoms with E-state index in [2.05, 4.69) is 10.3 Å². The number of rotatable bonds is 3. The maximum absolute atomic E-state index is 4.98. The Morgan fingerprint density at radius 3 is 2.77 bits per heavy atom. The number of hydrogen-bond acceptors (Lipinski definition) is 3. The summed E-state index contributed by atoms with van der Waals surface area (Å²) in [5.41, 5.74) is 1.09. The Bertz CT molecular complexity index is 267. The molecule has 1 heterocycles. The van der Waals surface area contributed by atoms with Crippen molar-refractivity contribution in [3.05, 3.63) is 18.3 Å². The van der Waals surface area contributed by atoms with Crippen molar-refractivity contribution in [3.8, 4) is 5.88 Å². The fraction of sp³-hybridized carbons (Fsp3) is 0.500. The molecule has 0 radical (unpaired) electrons. The number of aromatic nitrogens is 1. The van der Waals surface area contributed by atoms with Gasteiger partial charge >= 0.3 is 0 Å². The Balaban J connectivity index is 1.96. The first-order valence-electron chi connectivity index (χ1n) is 4.65. The zero-order chi connectivity index (χ0) is 9.10. The summed E-state index contributed by atoms with van der Waals surface area (Å²) < 4.78 is 4.98. The molecule has 1 aromatic heterocycles. The van der Waals surface area contributed by atoms with Crippen LogP contribution in [0, 0.1) is 0 Å². The van der Waals surface area contributed by atoms with Gasteiger partial charge in [-0.1, -0.05) is 0 Å². The minimum absolute atomic E-state index is 0.662. The highest BCUT2D eigenvalue weighted by atomic mass is 16.5. The lowest BCUT2D eigenvalue weighted by molar-refractivity contribution is 0.397. The number of ether oxygens (including phenoxy) is 1. The van der Waals surface area contributed by atoms with Crippen LogP contribution in [0.15, 0.2) is 18.3 Å². The van der Waals surface area contributed by atoms with E-state index >= 15 is 0 Å².